The number of hydrogen-bond acceptors (Lipinski definition) is 5. The van der Waals surface area contributed by atoms with Crippen LogP contribution in [0.2, 0.25) is 0 Å². The van der Waals surface area contributed by atoms with Crippen molar-refractivity contribution in [1.82, 2.24) is 25.1 Å². The first-order valence-corrected chi connectivity index (χ1v) is 8.32. The van der Waals surface area contributed by atoms with Gasteiger partial charge in [-0.15, -0.1) is 10.2 Å². The Balaban J connectivity index is 1.79. The summed E-state index contributed by atoms with van der Waals surface area (Å²) in [7, 11) is 3.83. The summed E-state index contributed by atoms with van der Waals surface area (Å²) in [5.74, 6) is 1.52. The molecular formula is C18H22N6O. The Labute approximate surface area is 146 Å². The van der Waals surface area contributed by atoms with E-state index in [4.69, 9.17) is 0 Å². The molecule has 2 heterocycles. The molecule has 0 bridgehead atoms. The molecule has 3 rings (SSSR count). The van der Waals surface area contributed by atoms with E-state index < -0.39 is 0 Å². The normalized spacial score (nSPS) is 10.8. The quantitative estimate of drug-likeness (QED) is 0.743. The molecule has 0 fully saturated rings. The average molecular weight is 338 g/mol. The molecular weight excluding hydrogens is 316 g/mol. The van der Waals surface area contributed by atoms with Gasteiger partial charge < -0.3 is 14.8 Å². The summed E-state index contributed by atoms with van der Waals surface area (Å²) in [6.07, 6.45) is 2.35. The van der Waals surface area contributed by atoms with Gasteiger partial charge in [0.15, 0.2) is 0 Å². The van der Waals surface area contributed by atoms with Crippen LogP contribution < -0.4 is 10.2 Å². The van der Waals surface area contributed by atoms with Gasteiger partial charge in [0.05, 0.1) is 11.1 Å². The molecule has 0 unspecified atom stereocenters. The highest BCUT2D eigenvalue weighted by Crippen LogP contribution is 2.22. The zero-order chi connectivity index (χ0) is 17.8. The number of rotatable bonds is 6. The number of para-hydroxylation sites is 1. The Hall–Kier alpha value is -2.96. The van der Waals surface area contributed by atoms with Crippen molar-refractivity contribution in [3.63, 3.8) is 0 Å². The van der Waals surface area contributed by atoms with E-state index in [1.165, 1.54) is 0 Å². The minimum atomic E-state index is -0.107. The maximum Gasteiger partial charge on any atom is 0.252 e. The van der Waals surface area contributed by atoms with Crippen LogP contribution >= 0.6 is 0 Å². The van der Waals surface area contributed by atoms with Gasteiger partial charge in [-0.05, 0) is 19.1 Å². The van der Waals surface area contributed by atoms with Crippen LogP contribution in [0.25, 0.3) is 10.9 Å². The summed E-state index contributed by atoms with van der Waals surface area (Å²) in [6.45, 7) is 3.36. The minimum absolute atomic E-state index is 0.107. The molecule has 3 aromatic rings. The lowest BCUT2D eigenvalue weighted by Gasteiger charge is -2.15. The van der Waals surface area contributed by atoms with Gasteiger partial charge >= 0.3 is 0 Å². The first-order valence-electron chi connectivity index (χ1n) is 8.32. The number of nitrogens with zero attached hydrogens (tertiary/aromatic N) is 5. The first-order chi connectivity index (χ1) is 12.1. The van der Waals surface area contributed by atoms with Gasteiger partial charge in [0.25, 0.3) is 5.91 Å². The number of benzene rings is 1. The van der Waals surface area contributed by atoms with Crippen LogP contribution in [0.3, 0.4) is 0 Å². The maximum absolute atomic E-state index is 12.7. The molecule has 7 nitrogen and oxygen atoms in total. The van der Waals surface area contributed by atoms with Crippen LogP contribution in [0.1, 0.15) is 23.1 Å². The molecule has 0 spiro atoms. The fraction of sp³-hybridized carbons (Fsp3) is 0.333. The summed E-state index contributed by atoms with van der Waals surface area (Å²) in [5, 5.41) is 11.8. The number of fused-ring (bicyclic) bond motifs is 1. The maximum atomic E-state index is 12.7. The molecule has 0 saturated carbocycles. The van der Waals surface area contributed by atoms with Crippen molar-refractivity contribution < 1.29 is 4.79 Å². The molecule has 0 atom stereocenters. The second kappa shape index (κ2) is 7.29. The summed E-state index contributed by atoms with van der Waals surface area (Å²) < 4.78 is 1.97. The number of amides is 1. The third-order valence-electron chi connectivity index (χ3n) is 4.08. The van der Waals surface area contributed by atoms with Crippen molar-refractivity contribution in [1.29, 1.82) is 0 Å². The van der Waals surface area contributed by atoms with Crippen LogP contribution in [0.4, 0.5) is 5.82 Å². The number of pyridine rings is 1. The second-order valence-electron chi connectivity index (χ2n) is 5.98. The van der Waals surface area contributed by atoms with Crippen LogP contribution in [0.5, 0.6) is 0 Å². The Bertz CT molecular complexity index is 886. The van der Waals surface area contributed by atoms with Gasteiger partial charge in [-0.2, -0.15) is 0 Å². The zero-order valence-electron chi connectivity index (χ0n) is 14.7. The van der Waals surface area contributed by atoms with Crippen molar-refractivity contribution in [3.05, 3.63) is 48.0 Å². The Morgan fingerprint density at radius 3 is 2.84 bits per heavy atom. The van der Waals surface area contributed by atoms with E-state index in [2.05, 4.69) is 20.5 Å². The topological polar surface area (TPSA) is 75.9 Å². The molecule has 7 heteroatoms. The van der Waals surface area contributed by atoms with E-state index in [1.807, 2.05) is 60.8 Å². The predicted octanol–water partition coefficient (Wildman–Crippen LogP) is 1.88. The van der Waals surface area contributed by atoms with Crippen LogP contribution in [0, 0.1) is 0 Å². The third kappa shape index (κ3) is 3.60. The summed E-state index contributed by atoms with van der Waals surface area (Å²) in [4.78, 5) is 19.2. The third-order valence-corrected chi connectivity index (χ3v) is 4.08. The monoisotopic (exact) mass is 338 g/mol. The summed E-state index contributed by atoms with van der Waals surface area (Å²) in [6, 6.07) is 9.51. The smallest absolute Gasteiger partial charge is 0.252 e. The average Bonchev–Trinajstić information content (AvgIpc) is 3.08. The van der Waals surface area contributed by atoms with Crippen LogP contribution in [-0.2, 0) is 13.0 Å². The number of carbonyl (C=O) groups is 1. The van der Waals surface area contributed by atoms with Crippen LogP contribution in [-0.4, -0.2) is 46.3 Å². The highest BCUT2D eigenvalue weighted by atomic mass is 16.1. The predicted molar refractivity (Wildman–Crippen MR) is 97.8 cm³/mol. The van der Waals surface area contributed by atoms with E-state index in [0.29, 0.717) is 18.5 Å². The molecule has 2 aromatic heterocycles. The van der Waals surface area contributed by atoms with Crippen molar-refractivity contribution in [2.75, 3.05) is 25.5 Å². The number of anilines is 1. The van der Waals surface area contributed by atoms with E-state index in [0.717, 1.165) is 29.1 Å². The van der Waals surface area contributed by atoms with E-state index in [1.54, 1.807) is 6.33 Å². The molecule has 1 amide bonds. The van der Waals surface area contributed by atoms with Crippen molar-refractivity contribution in [2.24, 2.45) is 0 Å². The minimum Gasteiger partial charge on any atom is -0.363 e. The highest BCUT2D eigenvalue weighted by Gasteiger charge is 2.14. The number of aromatic nitrogens is 4. The lowest BCUT2D eigenvalue weighted by Crippen LogP contribution is -2.27. The van der Waals surface area contributed by atoms with Gasteiger partial charge in [-0.3, -0.25) is 4.79 Å². The molecule has 25 heavy (non-hydrogen) atoms. The van der Waals surface area contributed by atoms with Gasteiger partial charge in [-0.25, -0.2) is 4.98 Å². The fourth-order valence-corrected chi connectivity index (χ4v) is 2.70. The summed E-state index contributed by atoms with van der Waals surface area (Å²) in [5.41, 5.74) is 1.44. The van der Waals surface area contributed by atoms with Crippen molar-refractivity contribution >= 4 is 22.6 Å². The number of carbonyl (C=O) groups excluding carboxylic acids is 1. The molecule has 0 radical (unpaired) electrons. The second-order valence-corrected chi connectivity index (χ2v) is 5.98. The fourth-order valence-electron chi connectivity index (χ4n) is 2.70. The van der Waals surface area contributed by atoms with E-state index >= 15 is 0 Å². The lowest BCUT2D eigenvalue weighted by atomic mass is 10.1. The molecule has 0 aliphatic heterocycles. The molecule has 0 aliphatic rings. The Morgan fingerprint density at radius 1 is 1.28 bits per heavy atom. The van der Waals surface area contributed by atoms with Crippen molar-refractivity contribution in [2.45, 2.75) is 19.9 Å². The molecule has 130 valence electrons. The lowest BCUT2D eigenvalue weighted by molar-refractivity contribution is 0.0955. The standard InChI is InChI=1S/C18H22N6O/c1-4-24-12-20-22-16(24)9-10-19-18(25)14-11-17(23(2)3)21-15-8-6-5-7-13(14)15/h5-8,11-12H,4,9-10H2,1-3H3,(H,19,25). The van der Waals surface area contributed by atoms with E-state index in [9.17, 15) is 4.79 Å². The zero-order valence-corrected chi connectivity index (χ0v) is 14.7. The van der Waals surface area contributed by atoms with Gasteiger partial charge in [-0.1, -0.05) is 18.2 Å². The largest absolute Gasteiger partial charge is 0.363 e. The van der Waals surface area contributed by atoms with Crippen LogP contribution in [0.15, 0.2) is 36.7 Å². The number of hydrogen-bond donors (Lipinski definition) is 1. The van der Waals surface area contributed by atoms with Gasteiger partial charge in [0.1, 0.15) is 18.0 Å². The Kier molecular flexibility index (Phi) is 4.92. The molecule has 1 aromatic carbocycles. The molecule has 0 aliphatic carbocycles. The summed E-state index contributed by atoms with van der Waals surface area (Å²) >= 11 is 0. The number of nitrogens with one attached hydrogen (secondary N) is 1. The molecule has 1 N–H and O–H groups in total. The van der Waals surface area contributed by atoms with Crippen molar-refractivity contribution in [3.8, 4) is 0 Å². The Morgan fingerprint density at radius 2 is 2.08 bits per heavy atom. The number of aryl methyl sites for hydroxylation is 1. The molecule has 0 saturated heterocycles. The van der Waals surface area contributed by atoms with Gasteiger partial charge in [0, 0.05) is 39.0 Å². The van der Waals surface area contributed by atoms with Gasteiger partial charge in [0.2, 0.25) is 0 Å². The SMILES string of the molecule is CCn1cnnc1CCNC(=O)c1cc(N(C)C)nc2ccccc12. The first kappa shape index (κ1) is 16.9. The highest BCUT2D eigenvalue weighted by molar-refractivity contribution is 6.07. The van der Waals surface area contributed by atoms with E-state index in [-0.39, 0.29) is 5.91 Å².